The van der Waals surface area contributed by atoms with Gasteiger partial charge in [-0.3, -0.25) is 0 Å². The monoisotopic (exact) mass is 416 g/mol. The Labute approximate surface area is 145 Å². The highest BCUT2D eigenvalue weighted by Gasteiger charge is 2.33. The third-order valence-electron chi connectivity index (χ3n) is 3.57. The van der Waals surface area contributed by atoms with Crippen LogP contribution in [-0.2, 0) is 10.0 Å². The van der Waals surface area contributed by atoms with Crippen molar-refractivity contribution in [2.45, 2.75) is 36.6 Å². The molecule has 1 aromatic carbocycles. The number of nitrogens with two attached hydrogens (primary N) is 1. The molecule has 0 amide bonds. The summed E-state index contributed by atoms with van der Waals surface area (Å²) in [5.74, 6) is 0. The Kier molecular flexibility index (Phi) is 7.43. The lowest BCUT2D eigenvalue weighted by Crippen LogP contribution is -2.44. The van der Waals surface area contributed by atoms with Crippen LogP contribution >= 0.6 is 39.9 Å². The minimum absolute atomic E-state index is 0. The molecule has 2 rings (SSSR count). The summed E-state index contributed by atoms with van der Waals surface area (Å²) in [5.41, 5.74) is 5.60. The van der Waals surface area contributed by atoms with Gasteiger partial charge in [-0.15, -0.1) is 12.4 Å². The zero-order valence-corrected chi connectivity index (χ0v) is 15.4. The van der Waals surface area contributed by atoms with Crippen molar-refractivity contribution in [3.63, 3.8) is 0 Å². The van der Waals surface area contributed by atoms with E-state index in [0.717, 1.165) is 19.3 Å². The molecule has 21 heavy (non-hydrogen) atoms. The molecule has 0 radical (unpaired) electrons. The van der Waals surface area contributed by atoms with Crippen molar-refractivity contribution in [2.75, 3.05) is 13.1 Å². The van der Waals surface area contributed by atoms with Gasteiger partial charge in [0.2, 0.25) is 10.0 Å². The van der Waals surface area contributed by atoms with E-state index in [1.54, 1.807) is 22.5 Å². The summed E-state index contributed by atoms with van der Waals surface area (Å²) in [6.45, 7) is 1.06. The molecule has 1 aliphatic rings. The van der Waals surface area contributed by atoms with Gasteiger partial charge in [0, 0.05) is 17.1 Å². The smallest absolute Gasteiger partial charge is 0.243 e. The first-order valence-corrected chi connectivity index (χ1v) is 9.25. The summed E-state index contributed by atoms with van der Waals surface area (Å²) < 4.78 is 27.7. The Morgan fingerprint density at radius 1 is 1.38 bits per heavy atom. The van der Waals surface area contributed by atoms with E-state index in [-0.39, 0.29) is 23.3 Å². The maximum Gasteiger partial charge on any atom is 0.243 e. The molecule has 1 aliphatic heterocycles. The summed E-state index contributed by atoms with van der Waals surface area (Å²) in [6.07, 6.45) is 3.54. The van der Waals surface area contributed by atoms with Crippen LogP contribution in [0.5, 0.6) is 0 Å². The van der Waals surface area contributed by atoms with Gasteiger partial charge in [0.15, 0.2) is 0 Å². The number of hydrogen-bond acceptors (Lipinski definition) is 3. The minimum Gasteiger partial charge on any atom is -0.330 e. The molecular formula is C13H19BrCl2N2O2S. The average Bonchev–Trinajstić information content (AvgIpc) is 2.42. The molecule has 8 heteroatoms. The molecule has 1 fully saturated rings. The van der Waals surface area contributed by atoms with E-state index in [0.29, 0.717) is 29.0 Å². The molecule has 0 aromatic heterocycles. The summed E-state index contributed by atoms with van der Waals surface area (Å²) in [5, 5.41) is 0.501. The summed E-state index contributed by atoms with van der Waals surface area (Å²) in [4.78, 5) is 0.276. The lowest BCUT2D eigenvalue weighted by molar-refractivity contribution is 0.243. The zero-order chi connectivity index (χ0) is 14.8. The fraction of sp³-hybridized carbons (Fsp3) is 0.538. The Balaban J connectivity index is 0.00000220. The van der Waals surface area contributed by atoms with Crippen LogP contribution in [0.4, 0.5) is 0 Å². The van der Waals surface area contributed by atoms with E-state index in [1.165, 1.54) is 0 Å². The maximum atomic E-state index is 12.8. The van der Waals surface area contributed by atoms with Crippen molar-refractivity contribution < 1.29 is 8.42 Å². The molecule has 0 spiro atoms. The summed E-state index contributed by atoms with van der Waals surface area (Å²) >= 11 is 9.20. The second kappa shape index (κ2) is 8.13. The molecule has 1 atom stereocenters. The molecular weight excluding hydrogens is 399 g/mol. The number of nitrogens with zero attached hydrogens (tertiary/aromatic N) is 1. The van der Waals surface area contributed by atoms with Crippen molar-refractivity contribution >= 4 is 50.0 Å². The van der Waals surface area contributed by atoms with E-state index in [9.17, 15) is 8.42 Å². The lowest BCUT2D eigenvalue weighted by Gasteiger charge is -2.34. The van der Waals surface area contributed by atoms with Crippen molar-refractivity contribution in [1.29, 1.82) is 0 Å². The van der Waals surface area contributed by atoms with E-state index in [2.05, 4.69) is 15.9 Å². The van der Waals surface area contributed by atoms with Crippen molar-refractivity contribution in [2.24, 2.45) is 5.73 Å². The van der Waals surface area contributed by atoms with Crippen LogP contribution in [-0.4, -0.2) is 31.9 Å². The van der Waals surface area contributed by atoms with Crippen LogP contribution in [0.3, 0.4) is 0 Å². The van der Waals surface area contributed by atoms with Crippen LogP contribution in [0.2, 0.25) is 5.02 Å². The highest BCUT2D eigenvalue weighted by Crippen LogP contribution is 2.30. The first-order valence-electron chi connectivity index (χ1n) is 6.64. The van der Waals surface area contributed by atoms with Gasteiger partial charge >= 0.3 is 0 Å². The molecule has 4 nitrogen and oxygen atoms in total. The second-order valence-electron chi connectivity index (χ2n) is 4.92. The van der Waals surface area contributed by atoms with Crippen LogP contribution in [0.1, 0.15) is 25.7 Å². The predicted molar refractivity (Wildman–Crippen MR) is 91.6 cm³/mol. The Hall–Kier alpha value is 0.150. The quantitative estimate of drug-likeness (QED) is 0.816. The molecule has 1 saturated heterocycles. The number of hydrogen-bond donors (Lipinski definition) is 1. The van der Waals surface area contributed by atoms with Gasteiger partial charge in [-0.1, -0.05) is 18.0 Å². The third kappa shape index (κ3) is 4.33. The highest BCUT2D eigenvalue weighted by molar-refractivity contribution is 9.10. The van der Waals surface area contributed by atoms with Crippen molar-refractivity contribution in [3.05, 3.63) is 27.7 Å². The number of benzene rings is 1. The molecule has 0 aliphatic carbocycles. The van der Waals surface area contributed by atoms with Gasteiger partial charge < -0.3 is 5.73 Å². The second-order valence-corrected chi connectivity index (χ2v) is 8.07. The maximum absolute atomic E-state index is 12.8. The van der Waals surface area contributed by atoms with Gasteiger partial charge in [-0.05, 0) is 59.9 Å². The van der Waals surface area contributed by atoms with Gasteiger partial charge in [0.05, 0.1) is 9.92 Å². The van der Waals surface area contributed by atoms with E-state index >= 15 is 0 Å². The SMILES string of the molecule is Cl.NCCC1CCCCN1S(=O)(=O)c1ccc(Cl)c(Br)c1. The largest absolute Gasteiger partial charge is 0.330 e. The Morgan fingerprint density at radius 3 is 2.71 bits per heavy atom. The molecule has 0 bridgehead atoms. The van der Waals surface area contributed by atoms with E-state index in [4.69, 9.17) is 17.3 Å². The van der Waals surface area contributed by atoms with E-state index < -0.39 is 10.0 Å². The molecule has 1 aromatic rings. The molecule has 120 valence electrons. The molecule has 0 saturated carbocycles. The summed E-state index contributed by atoms with van der Waals surface area (Å²) in [7, 11) is -3.48. The number of halogens is 3. The van der Waals surface area contributed by atoms with Gasteiger partial charge in [-0.25, -0.2) is 8.42 Å². The molecule has 2 N–H and O–H groups in total. The van der Waals surface area contributed by atoms with Crippen LogP contribution < -0.4 is 5.73 Å². The zero-order valence-electron chi connectivity index (χ0n) is 11.5. The van der Waals surface area contributed by atoms with Gasteiger partial charge in [0.1, 0.15) is 0 Å². The fourth-order valence-corrected chi connectivity index (χ4v) is 4.94. The minimum atomic E-state index is -3.48. The Morgan fingerprint density at radius 2 is 2.10 bits per heavy atom. The standard InChI is InChI=1S/C13H18BrClN2O2S.ClH/c14-12-9-11(4-5-13(12)15)20(18,19)17-8-2-1-3-10(17)6-7-16;/h4-5,9-10H,1-3,6-8,16H2;1H. The number of rotatable bonds is 4. The molecule has 1 unspecified atom stereocenters. The summed E-state index contributed by atoms with van der Waals surface area (Å²) in [6, 6.07) is 4.72. The lowest BCUT2D eigenvalue weighted by atomic mass is 10.0. The van der Waals surface area contributed by atoms with Gasteiger partial charge in [0.25, 0.3) is 0 Å². The topological polar surface area (TPSA) is 63.4 Å². The first-order chi connectivity index (χ1) is 9.46. The fourth-order valence-electron chi connectivity index (χ4n) is 2.54. The van der Waals surface area contributed by atoms with E-state index in [1.807, 2.05) is 0 Å². The number of piperidine rings is 1. The van der Waals surface area contributed by atoms with Crippen molar-refractivity contribution in [3.8, 4) is 0 Å². The van der Waals surface area contributed by atoms with Crippen LogP contribution in [0.25, 0.3) is 0 Å². The Bertz CT molecular complexity index is 582. The average molecular weight is 418 g/mol. The van der Waals surface area contributed by atoms with Crippen LogP contribution in [0, 0.1) is 0 Å². The predicted octanol–water partition coefficient (Wildman–Crippen LogP) is 3.42. The van der Waals surface area contributed by atoms with Crippen molar-refractivity contribution in [1.82, 2.24) is 4.31 Å². The normalized spacial score (nSPS) is 20.0. The molecule has 1 heterocycles. The highest BCUT2D eigenvalue weighted by atomic mass is 79.9. The number of sulfonamides is 1. The van der Waals surface area contributed by atoms with Gasteiger partial charge in [-0.2, -0.15) is 4.31 Å². The third-order valence-corrected chi connectivity index (χ3v) is 6.73. The first kappa shape index (κ1) is 19.2. The van der Waals surface area contributed by atoms with Crippen LogP contribution in [0.15, 0.2) is 27.6 Å².